The number of fused-ring (bicyclic) bond motifs is 5. The molecule has 2 aromatic rings. The summed E-state index contributed by atoms with van der Waals surface area (Å²) in [7, 11) is 0. The van der Waals surface area contributed by atoms with Crippen LogP contribution in [0.2, 0.25) is 0 Å². The molecule has 3 spiro atoms. The van der Waals surface area contributed by atoms with E-state index in [1.807, 2.05) is 0 Å². The summed E-state index contributed by atoms with van der Waals surface area (Å²) in [6, 6.07) is 2.29. The summed E-state index contributed by atoms with van der Waals surface area (Å²) < 4.78 is 26.9. The third-order valence-electron chi connectivity index (χ3n) is 18.3. The lowest BCUT2D eigenvalue weighted by Crippen LogP contribution is -2.71. The van der Waals surface area contributed by atoms with E-state index in [1.165, 1.54) is 81.6 Å². The molecule has 3 saturated heterocycles. The number of rotatable bonds is 7. The number of aliphatic hydroxyl groups excluding tert-OH is 4. The zero-order chi connectivity index (χ0) is 44.0. The number of hydrogen-bond acceptors (Lipinski definition) is 12. The Bertz CT molecular complexity index is 2330. The number of carbonyl (C=O) groups excluding carboxylic acids is 1. The molecular formula is C50H62O13. The number of phenols is 2. The highest BCUT2D eigenvalue weighted by atomic mass is 16.7. The number of carboxylic acid groups (broad SMARTS) is 1. The zero-order valence-corrected chi connectivity index (χ0v) is 36.3. The molecule has 63 heavy (non-hydrogen) atoms. The van der Waals surface area contributed by atoms with E-state index in [4.69, 9.17) is 18.9 Å². The topological polar surface area (TPSA) is 213 Å². The molecule has 4 saturated carbocycles. The third-order valence-corrected chi connectivity index (χ3v) is 18.3. The molecule has 9 aliphatic rings. The monoisotopic (exact) mass is 870 g/mol. The fourth-order valence-electron chi connectivity index (χ4n) is 16.1. The Balaban J connectivity index is 1.01. The lowest BCUT2D eigenvalue weighted by atomic mass is 9.42. The second kappa shape index (κ2) is 14.7. The Labute approximate surface area is 367 Å². The number of ketones is 1. The number of aromatic hydroxyl groups is 2. The minimum Gasteiger partial charge on any atom is -0.507 e. The van der Waals surface area contributed by atoms with Crippen LogP contribution in [0.1, 0.15) is 130 Å². The Morgan fingerprint density at radius 2 is 1.75 bits per heavy atom. The molecule has 5 aliphatic carbocycles. The molecule has 4 aliphatic heterocycles. The summed E-state index contributed by atoms with van der Waals surface area (Å²) >= 11 is 0. The lowest BCUT2D eigenvalue weighted by Gasteiger charge is -2.64. The van der Waals surface area contributed by atoms with Crippen LogP contribution in [0.3, 0.4) is 0 Å². The Morgan fingerprint density at radius 3 is 2.49 bits per heavy atom. The van der Waals surface area contributed by atoms with Crippen LogP contribution in [-0.4, -0.2) is 110 Å². The fraction of sp³-hybridized carbons (Fsp3) is 0.680. The summed E-state index contributed by atoms with van der Waals surface area (Å²) in [6.45, 7) is 4.09. The zero-order valence-electron chi connectivity index (χ0n) is 36.3. The molecular weight excluding hydrogens is 809 g/mol. The number of carbonyl (C=O) groups is 2. The van der Waals surface area contributed by atoms with E-state index in [0.29, 0.717) is 50.2 Å². The SMILES string of the molecule is CC(=O)c1c(C)c(O)c2cc(C(=O)O)cc(OC3OC4C(O)CCC5OC4(CC4C6=C5CC=C6C5(CCCO)COCC6CC7(CCC8(CCCC8)C7)CC4C65)C(O)C3O)c2c1O. The van der Waals surface area contributed by atoms with Crippen LogP contribution < -0.4 is 4.74 Å². The maximum Gasteiger partial charge on any atom is 0.335 e. The van der Waals surface area contributed by atoms with Crippen LogP contribution in [0.15, 0.2) is 34.9 Å². The van der Waals surface area contributed by atoms with Gasteiger partial charge in [-0.15, -0.1) is 0 Å². The third kappa shape index (κ3) is 5.98. The van der Waals surface area contributed by atoms with E-state index in [9.17, 15) is 45.3 Å². The van der Waals surface area contributed by atoms with Gasteiger partial charge in [-0.25, -0.2) is 4.79 Å². The number of ether oxygens (including phenoxy) is 4. The lowest BCUT2D eigenvalue weighted by molar-refractivity contribution is -0.336. The van der Waals surface area contributed by atoms with Crippen molar-refractivity contribution in [3.63, 3.8) is 0 Å². The fourth-order valence-corrected chi connectivity index (χ4v) is 16.1. The maximum atomic E-state index is 12.8. The van der Waals surface area contributed by atoms with Gasteiger partial charge in [0.2, 0.25) is 6.29 Å². The summed E-state index contributed by atoms with van der Waals surface area (Å²) in [5.41, 5.74) is 2.11. The number of hydrogen-bond donors (Lipinski definition) is 7. The molecule has 2 bridgehead atoms. The summed E-state index contributed by atoms with van der Waals surface area (Å²) in [5.74, 6) is -2.40. The minimum atomic E-state index is -1.77. The van der Waals surface area contributed by atoms with Crippen molar-refractivity contribution < 1.29 is 64.3 Å². The molecule has 340 valence electrons. The van der Waals surface area contributed by atoms with Crippen LogP contribution in [0, 0.1) is 46.8 Å². The molecule has 4 heterocycles. The molecule has 13 nitrogen and oxygen atoms in total. The van der Waals surface area contributed by atoms with Crippen molar-refractivity contribution in [3.8, 4) is 17.2 Å². The number of phenolic OH excluding ortho intramolecular Hbond substituents is 2. The second-order valence-electron chi connectivity index (χ2n) is 21.5. The smallest absolute Gasteiger partial charge is 0.335 e. The average Bonchev–Trinajstić information content (AvgIpc) is 3.96. The van der Waals surface area contributed by atoms with E-state index in [2.05, 4.69) is 6.08 Å². The minimum absolute atomic E-state index is 0.0581. The van der Waals surface area contributed by atoms with Gasteiger partial charge in [-0.1, -0.05) is 18.9 Å². The number of allylic oxidation sites excluding steroid dienone is 2. The van der Waals surface area contributed by atoms with Gasteiger partial charge >= 0.3 is 5.97 Å². The Hall–Kier alpha value is -3.56. The van der Waals surface area contributed by atoms with Crippen molar-refractivity contribution in [1.82, 2.24) is 0 Å². The first kappa shape index (κ1) is 42.1. The molecule has 11 rings (SSSR count). The normalized spacial score (nSPS) is 40.9. The molecule has 0 radical (unpaired) electrons. The summed E-state index contributed by atoms with van der Waals surface area (Å²) in [4.78, 5) is 25.1. The van der Waals surface area contributed by atoms with Crippen LogP contribution in [-0.2, 0) is 14.2 Å². The van der Waals surface area contributed by atoms with Crippen molar-refractivity contribution in [3.05, 3.63) is 51.6 Å². The van der Waals surface area contributed by atoms with E-state index in [1.54, 1.807) is 0 Å². The molecule has 13 heteroatoms. The Morgan fingerprint density at radius 1 is 0.968 bits per heavy atom. The molecule has 2 aromatic carbocycles. The molecule has 13 unspecified atom stereocenters. The van der Waals surface area contributed by atoms with Gasteiger partial charge in [0.1, 0.15) is 41.2 Å². The second-order valence-corrected chi connectivity index (χ2v) is 21.5. The highest BCUT2D eigenvalue weighted by molar-refractivity contribution is 6.11. The number of aromatic carboxylic acids is 1. The van der Waals surface area contributed by atoms with E-state index >= 15 is 0 Å². The molecule has 7 N–H and O–H groups in total. The quantitative estimate of drug-likeness (QED) is 0.119. The van der Waals surface area contributed by atoms with Gasteiger partial charge in [0.15, 0.2) is 5.78 Å². The van der Waals surface area contributed by atoms with Crippen molar-refractivity contribution >= 4 is 22.5 Å². The predicted molar refractivity (Wildman–Crippen MR) is 227 cm³/mol. The number of Topliss-reactive ketones (excluding diaryl/α,β-unsaturated/α-hetero) is 1. The molecule has 0 aromatic heterocycles. The van der Waals surface area contributed by atoms with Crippen LogP contribution in [0.25, 0.3) is 10.8 Å². The summed E-state index contributed by atoms with van der Waals surface area (Å²) in [5, 5.41) is 80.1. The first-order valence-corrected chi connectivity index (χ1v) is 23.6. The van der Waals surface area contributed by atoms with Crippen LogP contribution in [0.5, 0.6) is 17.2 Å². The van der Waals surface area contributed by atoms with E-state index in [-0.39, 0.29) is 74.8 Å². The molecule has 7 fully saturated rings. The highest BCUT2D eigenvalue weighted by Gasteiger charge is 2.69. The van der Waals surface area contributed by atoms with E-state index in [0.717, 1.165) is 25.3 Å². The van der Waals surface area contributed by atoms with Gasteiger partial charge in [0, 0.05) is 29.6 Å². The summed E-state index contributed by atoms with van der Waals surface area (Å²) in [6.07, 6.45) is 8.80. The van der Waals surface area contributed by atoms with Crippen molar-refractivity contribution in [1.29, 1.82) is 0 Å². The maximum absolute atomic E-state index is 12.8. The predicted octanol–water partition coefficient (Wildman–Crippen LogP) is 6.39. The first-order chi connectivity index (χ1) is 30.2. The van der Waals surface area contributed by atoms with Gasteiger partial charge in [0.25, 0.3) is 0 Å². The van der Waals surface area contributed by atoms with Crippen LogP contribution in [0.4, 0.5) is 0 Å². The van der Waals surface area contributed by atoms with Gasteiger partial charge in [-0.3, -0.25) is 4.79 Å². The van der Waals surface area contributed by atoms with Gasteiger partial charge < -0.3 is 54.7 Å². The van der Waals surface area contributed by atoms with Crippen molar-refractivity contribution in [2.24, 2.45) is 39.9 Å². The highest BCUT2D eigenvalue weighted by Crippen LogP contribution is 2.73. The van der Waals surface area contributed by atoms with E-state index < -0.39 is 65.7 Å². The van der Waals surface area contributed by atoms with Crippen molar-refractivity contribution in [2.75, 3.05) is 19.8 Å². The molecule has 13 atom stereocenters. The van der Waals surface area contributed by atoms with Gasteiger partial charge in [-0.2, -0.15) is 0 Å². The largest absolute Gasteiger partial charge is 0.507 e. The van der Waals surface area contributed by atoms with Crippen molar-refractivity contribution in [2.45, 2.75) is 153 Å². The standard InChI is InChI=1S/C50H62O13/c1-24-36(25(2)52)41(55)38-29(40(24)54)16-26(45(58)59)17-35(38)61-46-42(56)43(57)50-20-30-31-19-48(14-13-47(22-48)10-3-4-11-47)18-27-21-60-23-49(39(27)31,12-5-15-51)32-7-6-28(37(30)32)34(63-50)9-8-33(53)44(50)62-46/h7,16-17,27,30-31,33-34,39,42-44,46,51,53-57H,3-6,8-15,18-23H2,1-2H3,(H,58,59). The number of benzene rings is 2. The average molecular weight is 871 g/mol. The molecule has 0 amide bonds. The first-order valence-electron chi connectivity index (χ1n) is 23.6. The number of carboxylic acids is 1. The van der Waals surface area contributed by atoms with Crippen LogP contribution >= 0.6 is 0 Å². The van der Waals surface area contributed by atoms with Gasteiger partial charge in [-0.05, 0) is 161 Å². The number of aliphatic hydroxyl groups is 4. The van der Waals surface area contributed by atoms with Gasteiger partial charge in [0.05, 0.1) is 35.3 Å². The Kier molecular flexibility index (Phi) is 9.84.